The lowest BCUT2D eigenvalue weighted by molar-refractivity contribution is -0.0184. The molecule has 0 spiro atoms. The van der Waals surface area contributed by atoms with Crippen molar-refractivity contribution >= 4 is 11.1 Å². The number of hydrogen-bond acceptors (Lipinski definition) is 4. The van der Waals surface area contributed by atoms with E-state index >= 15 is 0 Å². The summed E-state index contributed by atoms with van der Waals surface area (Å²) in [6.07, 6.45) is 2.03. The lowest BCUT2D eigenvalue weighted by atomic mass is 10.1. The van der Waals surface area contributed by atoms with E-state index in [4.69, 9.17) is 9.15 Å². The first-order valence-corrected chi connectivity index (χ1v) is 7.69. The summed E-state index contributed by atoms with van der Waals surface area (Å²) in [5.41, 5.74) is 2.38. The molecule has 0 radical (unpaired) electrons. The van der Waals surface area contributed by atoms with E-state index in [9.17, 15) is 4.39 Å². The molecule has 1 fully saturated rings. The van der Waals surface area contributed by atoms with E-state index in [2.05, 4.69) is 20.5 Å². The predicted octanol–water partition coefficient (Wildman–Crippen LogP) is 2.88. The summed E-state index contributed by atoms with van der Waals surface area (Å²) < 4.78 is 26.8. The molecular formula is C17H18FN3O2. The van der Waals surface area contributed by atoms with Crippen LogP contribution in [0.2, 0.25) is 0 Å². The Labute approximate surface area is 133 Å². The molecule has 3 heterocycles. The summed E-state index contributed by atoms with van der Waals surface area (Å²) >= 11 is 0. The Bertz CT molecular complexity index is 826. The first kappa shape index (κ1) is 14.4. The highest BCUT2D eigenvalue weighted by Crippen LogP contribution is 2.27. The minimum absolute atomic E-state index is 0.162. The van der Waals surface area contributed by atoms with Crippen LogP contribution < -0.4 is 0 Å². The van der Waals surface area contributed by atoms with Gasteiger partial charge in [0.1, 0.15) is 11.3 Å². The van der Waals surface area contributed by atoms with E-state index in [1.54, 1.807) is 6.07 Å². The number of benzene rings is 1. The Morgan fingerprint density at radius 1 is 1.35 bits per heavy atom. The van der Waals surface area contributed by atoms with Gasteiger partial charge in [0.25, 0.3) is 0 Å². The van der Waals surface area contributed by atoms with E-state index in [0.717, 1.165) is 6.54 Å². The smallest absolute Gasteiger partial charge is 0.209 e. The standard InChI is InChI=1S/C17H18FN3O2/c1-20-6-2-3-14(20)15-11-22-8-7-21(15)10-17-19-13-9-12(18)4-5-16(13)23-17/h2-6,9,15H,7-8,10-11H2,1H3/t15-/m0/s1. The fraction of sp³-hybridized carbons (Fsp3) is 0.353. The predicted molar refractivity (Wildman–Crippen MR) is 83.4 cm³/mol. The molecule has 1 aliphatic rings. The van der Waals surface area contributed by atoms with Crippen LogP contribution in [0.1, 0.15) is 17.6 Å². The highest BCUT2D eigenvalue weighted by atomic mass is 19.1. The number of nitrogens with zero attached hydrogens (tertiary/aromatic N) is 3. The molecule has 1 aliphatic heterocycles. The molecule has 0 saturated carbocycles. The van der Waals surface area contributed by atoms with Gasteiger partial charge in [0, 0.05) is 31.5 Å². The summed E-state index contributed by atoms with van der Waals surface area (Å²) in [5, 5.41) is 0. The highest BCUT2D eigenvalue weighted by Gasteiger charge is 2.27. The maximum Gasteiger partial charge on any atom is 0.209 e. The van der Waals surface area contributed by atoms with Crippen molar-refractivity contribution in [3.05, 3.63) is 53.9 Å². The zero-order valence-corrected chi connectivity index (χ0v) is 12.9. The van der Waals surface area contributed by atoms with Gasteiger partial charge in [-0.3, -0.25) is 4.90 Å². The van der Waals surface area contributed by atoms with Crippen LogP contribution in [0.4, 0.5) is 4.39 Å². The second-order valence-corrected chi connectivity index (χ2v) is 5.82. The Hall–Kier alpha value is -2.18. The molecule has 1 saturated heterocycles. The number of morpholine rings is 1. The molecule has 6 heteroatoms. The number of aryl methyl sites for hydroxylation is 1. The first-order chi connectivity index (χ1) is 11.2. The molecule has 23 heavy (non-hydrogen) atoms. The largest absolute Gasteiger partial charge is 0.439 e. The van der Waals surface area contributed by atoms with Crippen LogP contribution in [0, 0.1) is 5.82 Å². The van der Waals surface area contributed by atoms with Crippen molar-refractivity contribution in [2.45, 2.75) is 12.6 Å². The molecule has 5 nitrogen and oxygen atoms in total. The lowest BCUT2D eigenvalue weighted by Gasteiger charge is -2.34. The van der Waals surface area contributed by atoms with Crippen molar-refractivity contribution in [2.75, 3.05) is 19.8 Å². The Kier molecular flexibility index (Phi) is 3.63. The quantitative estimate of drug-likeness (QED) is 0.745. The number of rotatable bonds is 3. The zero-order chi connectivity index (χ0) is 15.8. The molecule has 0 bridgehead atoms. The van der Waals surface area contributed by atoms with Gasteiger partial charge < -0.3 is 13.7 Å². The van der Waals surface area contributed by atoms with Crippen molar-refractivity contribution < 1.29 is 13.5 Å². The minimum atomic E-state index is -0.301. The number of oxazole rings is 1. The first-order valence-electron chi connectivity index (χ1n) is 7.69. The van der Waals surface area contributed by atoms with E-state index in [0.29, 0.717) is 36.7 Å². The van der Waals surface area contributed by atoms with Gasteiger partial charge in [-0.2, -0.15) is 0 Å². The van der Waals surface area contributed by atoms with Crippen molar-refractivity contribution in [3.8, 4) is 0 Å². The fourth-order valence-corrected chi connectivity index (χ4v) is 3.11. The zero-order valence-electron chi connectivity index (χ0n) is 12.9. The van der Waals surface area contributed by atoms with Crippen molar-refractivity contribution in [1.29, 1.82) is 0 Å². The third-order valence-corrected chi connectivity index (χ3v) is 4.30. The molecule has 1 atom stereocenters. The van der Waals surface area contributed by atoms with Gasteiger partial charge in [0.05, 0.1) is 25.8 Å². The summed E-state index contributed by atoms with van der Waals surface area (Å²) in [4.78, 5) is 6.70. The van der Waals surface area contributed by atoms with E-state index in [-0.39, 0.29) is 11.9 Å². The SMILES string of the molecule is Cn1cccc1[C@@H]1COCCN1Cc1nc2cc(F)ccc2o1. The van der Waals surface area contributed by atoms with Gasteiger partial charge >= 0.3 is 0 Å². The van der Waals surface area contributed by atoms with Crippen LogP contribution in [-0.2, 0) is 18.3 Å². The van der Waals surface area contributed by atoms with E-state index < -0.39 is 0 Å². The van der Waals surface area contributed by atoms with Crippen molar-refractivity contribution in [3.63, 3.8) is 0 Å². The molecule has 2 aromatic heterocycles. The van der Waals surface area contributed by atoms with E-state index in [1.807, 2.05) is 19.3 Å². The topological polar surface area (TPSA) is 43.4 Å². The van der Waals surface area contributed by atoms with Crippen molar-refractivity contribution in [2.24, 2.45) is 7.05 Å². The average molecular weight is 315 g/mol. The van der Waals surface area contributed by atoms with Gasteiger partial charge in [-0.25, -0.2) is 9.37 Å². The fourth-order valence-electron chi connectivity index (χ4n) is 3.11. The summed E-state index contributed by atoms with van der Waals surface area (Å²) in [6.45, 7) is 2.72. The van der Waals surface area contributed by atoms with Gasteiger partial charge in [0.15, 0.2) is 5.58 Å². The Morgan fingerprint density at radius 3 is 3.09 bits per heavy atom. The second-order valence-electron chi connectivity index (χ2n) is 5.82. The van der Waals surface area contributed by atoms with Gasteiger partial charge in [-0.15, -0.1) is 0 Å². The summed E-state index contributed by atoms with van der Waals surface area (Å²) in [6, 6.07) is 8.71. The molecule has 4 rings (SSSR count). The van der Waals surface area contributed by atoms with Crippen molar-refractivity contribution in [1.82, 2.24) is 14.5 Å². The second kappa shape index (κ2) is 5.79. The lowest BCUT2D eigenvalue weighted by Crippen LogP contribution is -2.39. The maximum absolute atomic E-state index is 13.3. The van der Waals surface area contributed by atoms with Crippen LogP contribution >= 0.6 is 0 Å². The normalized spacial score (nSPS) is 19.5. The number of aromatic nitrogens is 2. The Morgan fingerprint density at radius 2 is 2.26 bits per heavy atom. The van der Waals surface area contributed by atoms with Gasteiger partial charge in [-0.05, 0) is 24.3 Å². The van der Waals surface area contributed by atoms with Gasteiger partial charge in [0.2, 0.25) is 5.89 Å². The monoisotopic (exact) mass is 315 g/mol. The molecular weight excluding hydrogens is 297 g/mol. The summed E-state index contributed by atoms with van der Waals surface area (Å²) in [5.74, 6) is 0.303. The number of ether oxygens (including phenoxy) is 1. The van der Waals surface area contributed by atoms with E-state index in [1.165, 1.54) is 17.8 Å². The third kappa shape index (κ3) is 2.75. The summed E-state index contributed by atoms with van der Waals surface area (Å²) in [7, 11) is 2.03. The number of fused-ring (bicyclic) bond motifs is 1. The van der Waals surface area contributed by atoms with Crippen LogP contribution in [-0.4, -0.2) is 34.2 Å². The molecule has 0 N–H and O–H groups in total. The highest BCUT2D eigenvalue weighted by molar-refractivity contribution is 5.72. The van der Waals surface area contributed by atoms with Crippen LogP contribution in [0.25, 0.3) is 11.1 Å². The Balaban J connectivity index is 1.60. The minimum Gasteiger partial charge on any atom is -0.439 e. The average Bonchev–Trinajstić information content (AvgIpc) is 3.13. The molecule has 0 amide bonds. The molecule has 120 valence electrons. The molecule has 3 aromatic rings. The molecule has 0 aliphatic carbocycles. The molecule has 1 aromatic carbocycles. The number of hydrogen-bond donors (Lipinski definition) is 0. The van der Waals surface area contributed by atoms with Crippen LogP contribution in [0.15, 0.2) is 40.9 Å². The number of halogens is 1. The van der Waals surface area contributed by atoms with Crippen LogP contribution in [0.3, 0.4) is 0 Å². The van der Waals surface area contributed by atoms with Gasteiger partial charge in [-0.1, -0.05) is 0 Å². The van der Waals surface area contributed by atoms with Crippen LogP contribution in [0.5, 0.6) is 0 Å². The molecule has 0 unspecified atom stereocenters. The third-order valence-electron chi connectivity index (χ3n) is 4.30. The maximum atomic E-state index is 13.3.